The van der Waals surface area contributed by atoms with E-state index in [1.807, 2.05) is 13.0 Å². The minimum atomic E-state index is -0.413. The molecule has 19 heavy (non-hydrogen) atoms. The van der Waals surface area contributed by atoms with Crippen molar-refractivity contribution in [3.05, 3.63) is 63.7 Å². The molecular formula is C15H11NO3. The van der Waals surface area contributed by atoms with Crippen molar-refractivity contribution in [2.75, 3.05) is 0 Å². The lowest BCUT2D eigenvalue weighted by atomic mass is 9.94. The van der Waals surface area contributed by atoms with Gasteiger partial charge < -0.3 is 0 Å². The van der Waals surface area contributed by atoms with Gasteiger partial charge >= 0.3 is 0 Å². The molecule has 0 aliphatic heterocycles. The fourth-order valence-electron chi connectivity index (χ4n) is 2.07. The van der Waals surface area contributed by atoms with Crippen molar-refractivity contribution in [2.45, 2.75) is 6.92 Å². The number of carbonyl (C=O) groups excluding carboxylic acids is 1. The van der Waals surface area contributed by atoms with Gasteiger partial charge in [0, 0.05) is 12.1 Å². The van der Waals surface area contributed by atoms with Gasteiger partial charge in [-0.3, -0.25) is 10.1 Å². The summed E-state index contributed by atoms with van der Waals surface area (Å²) in [7, 11) is 0. The van der Waals surface area contributed by atoms with Crippen LogP contribution in [0.3, 0.4) is 0 Å². The number of rotatable bonds is 3. The third kappa shape index (κ3) is 2.44. The molecule has 0 aliphatic carbocycles. The van der Waals surface area contributed by atoms with Crippen LogP contribution in [0.5, 0.6) is 0 Å². The number of hydrogen-bond acceptors (Lipinski definition) is 3. The van der Waals surface area contributed by atoms with E-state index in [4.69, 9.17) is 0 Å². The van der Waals surface area contributed by atoms with E-state index in [2.05, 4.69) is 0 Å². The monoisotopic (exact) mass is 253 g/mol. The molecule has 0 atom stereocenters. The molecule has 2 rings (SSSR count). The first kappa shape index (κ1) is 12.7. The predicted octanol–water partition coefficient (Wildman–Crippen LogP) is 3.42. The molecule has 2 aromatic carbocycles. The minimum Gasteiger partial charge on any atom is -0.258 e. The first-order chi connectivity index (χ1) is 9.15. The number of aryl methyl sites for hydroxylation is 1. The molecule has 0 spiro atoms. The Morgan fingerprint density at radius 2 is 1.89 bits per heavy atom. The molecule has 0 radical (unpaired) electrons. The fourth-order valence-corrected chi connectivity index (χ4v) is 2.07. The summed E-state index contributed by atoms with van der Waals surface area (Å²) in [4.78, 5) is 21.3. The lowest BCUT2D eigenvalue weighted by molar-refractivity contribution is -0.384. The first-order valence-corrected chi connectivity index (χ1v) is 5.69. The highest BCUT2D eigenvalue weighted by molar-refractivity contribution is 5.88. The number of benzene rings is 2. The van der Waals surface area contributed by atoms with Crippen LogP contribution in [0, 0.1) is 17.0 Å². The van der Waals surface area contributed by atoms with E-state index in [0.717, 1.165) is 5.56 Å². The molecule has 0 saturated heterocycles. The van der Waals surface area contributed by atoms with E-state index >= 15 is 0 Å². The summed E-state index contributed by atoms with van der Waals surface area (Å²) in [5, 5.41) is 11.1. The number of nitrogens with zero attached hydrogens (tertiary/aromatic N) is 1. The molecule has 4 nitrogen and oxygen atoms in total. The van der Waals surface area contributed by atoms with Crippen LogP contribution < -0.4 is 0 Å². The highest BCUT2D eigenvalue weighted by Crippen LogP contribution is 2.35. The van der Waals surface area contributed by atoms with Gasteiger partial charge in [-0.05, 0) is 23.6 Å². The van der Waals surface area contributed by atoms with Gasteiger partial charge in [-0.2, -0.15) is 0 Å². The fraction of sp³-hybridized carbons (Fsp3) is 0.0667. The summed E-state index contributed by atoms with van der Waals surface area (Å²) < 4.78 is 0. The van der Waals surface area contributed by atoms with Crippen LogP contribution in [0.15, 0.2) is 42.5 Å². The quantitative estimate of drug-likeness (QED) is 0.478. The van der Waals surface area contributed by atoms with Gasteiger partial charge in [0.15, 0.2) is 0 Å². The summed E-state index contributed by atoms with van der Waals surface area (Å²) in [6.45, 7) is 1.81. The SMILES string of the molecule is Cc1cccc([N+](=O)[O-])c1-c1ccccc1C=C=O. The highest BCUT2D eigenvalue weighted by atomic mass is 16.6. The second kappa shape index (κ2) is 5.29. The lowest BCUT2D eigenvalue weighted by Gasteiger charge is -2.09. The molecule has 0 unspecified atom stereocenters. The zero-order valence-electron chi connectivity index (χ0n) is 10.3. The molecule has 4 heteroatoms. The summed E-state index contributed by atoms with van der Waals surface area (Å²) in [5.74, 6) is 1.72. The predicted molar refractivity (Wildman–Crippen MR) is 73.4 cm³/mol. The molecular weight excluding hydrogens is 242 g/mol. The van der Waals surface area contributed by atoms with E-state index in [1.165, 1.54) is 12.1 Å². The number of nitro benzene ring substituents is 1. The normalized spacial score (nSPS) is 9.74. The molecule has 94 valence electrons. The zero-order valence-corrected chi connectivity index (χ0v) is 10.3. The number of nitro groups is 1. The topological polar surface area (TPSA) is 60.2 Å². The van der Waals surface area contributed by atoms with Crippen LogP contribution in [0.2, 0.25) is 0 Å². The summed E-state index contributed by atoms with van der Waals surface area (Å²) in [6.07, 6.45) is 1.28. The van der Waals surface area contributed by atoms with Gasteiger partial charge in [-0.1, -0.05) is 36.4 Å². The molecule has 0 amide bonds. The van der Waals surface area contributed by atoms with Crippen molar-refractivity contribution < 1.29 is 9.72 Å². The maximum absolute atomic E-state index is 11.1. The van der Waals surface area contributed by atoms with E-state index in [1.54, 1.807) is 36.3 Å². The molecule has 0 heterocycles. The van der Waals surface area contributed by atoms with Gasteiger partial charge in [0.2, 0.25) is 0 Å². The maximum Gasteiger partial charge on any atom is 0.277 e. The third-order valence-corrected chi connectivity index (χ3v) is 2.89. The van der Waals surface area contributed by atoms with Crippen molar-refractivity contribution in [3.8, 4) is 11.1 Å². The Morgan fingerprint density at radius 1 is 1.16 bits per heavy atom. The Bertz CT molecular complexity index is 686. The van der Waals surface area contributed by atoms with Crippen molar-refractivity contribution in [1.29, 1.82) is 0 Å². The van der Waals surface area contributed by atoms with Crippen molar-refractivity contribution in [3.63, 3.8) is 0 Å². The minimum absolute atomic E-state index is 0.0340. The van der Waals surface area contributed by atoms with Gasteiger partial charge in [0.05, 0.1) is 10.5 Å². The summed E-state index contributed by atoms with van der Waals surface area (Å²) in [6, 6.07) is 12.0. The average molecular weight is 253 g/mol. The smallest absolute Gasteiger partial charge is 0.258 e. The van der Waals surface area contributed by atoms with E-state index in [-0.39, 0.29) is 5.69 Å². The molecule has 0 fully saturated rings. The molecule has 0 bridgehead atoms. The zero-order chi connectivity index (χ0) is 13.8. The Kier molecular flexibility index (Phi) is 3.55. The Balaban J connectivity index is 2.79. The van der Waals surface area contributed by atoms with Gasteiger partial charge in [-0.25, -0.2) is 4.79 Å². The second-order valence-electron chi connectivity index (χ2n) is 4.08. The first-order valence-electron chi connectivity index (χ1n) is 5.69. The van der Waals surface area contributed by atoms with Gasteiger partial charge in [0.1, 0.15) is 5.94 Å². The Hall–Kier alpha value is -2.71. The molecule has 0 aliphatic rings. The molecule has 0 saturated carbocycles. The van der Waals surface area contributed by atoms with Crippen LogP contribution in [-0.2, 0) is 4.79 Å². The molecule has 2 aromatic rings. The van der Waals surface area contributed by atoms with Crippen molar-refractivity contribution in [1.82, 2.24) is 0 Å². The second-order valence-corrected chi connectivity index (χ2v) is 4.08. The van der Waals surface area contributed by atoms with Crippen molar-refractivity contribution >= 4 is 17.7 Å². The lowest BCUT2D eigenvalue weighted by Crippen LogP contribution is -1.95. The Morgan fingerprint density at radius 3 is 2.58 bits per heavy atom. The van der Waals surface area contributed by atoms with Crippen LogP contribution in [0.1, 0.15) is 11.1 Å². The van der Waals surface area contributed by atoms with Gasteiger partial charge in [-0.15, -0.1) is 0 Å². The van der Waals surface area contributed by atoms with E-state index < -0.39 is 4.92 Å². The summed E-state index contributed by atoms with van der Waals surface area (Å²) >= 11 is 0. The largest absolute Gasteiger partial charge is 0.277 e. The van der Waals surface area contributed by atoms with E-state index in [9.17, 15) is 14.9 Å². The standard InChI is InChI=1S/C15H11NO3/c1-11-5-4-8-14(16(18)19)15(11)13-7-3-2-6-12(13)9-10-17/h2-9H,1H3. The van der Waals surface area contributed by atoms with Crippen molar-refractivity contribution in [2.24, 2.45) is 0 Å². The van der Waals surface area contributed by atoms with Crippen LogP contribution in [0.25, 0.3) is 17.2 Å². The summed E-state index contributed by atoms with van der Waals surface area (Å²) in [5.41, 5.74) is 2.65. The maximum atomic E-state index is 11.1. The van der Waals surface area contributed by atoms with E-state index in [0.29, 0.717) is 16.7 Å². The Labute approximate surface area is 110 Å². The van der Waals surface area contributed by atoms with Gasteiger partial charge in [0.25, 0.3) is 5.69 Å². The van der Waals surface area contributed by atoms with Crippen LogP contribution >= 0.6 is 0 Å². The van der Waals surface area contributed by atoms with Crippen LogP contribution in [0.4, 0.5) is 5.69 Å². The third-order valence-electron chi connectivity index (χ3n) is 2.89. The van der Waals surface area contributed by atoms with Crippen LogP contribution in [-0.4, -0.2) is 10.9 Å². The molecule has 0 aromatic heterocycles. The average Bonchev–Trinajstić information content (AvgIpc) is 2.40. The number of hydrogen-bond donors (Lipinski definition) is 0. The highest BCUT2D eigenvalue weighted by Gasteiger charge is 2.18. The molecule has 0 N–H and O–H groups in total.